The van der Waals surface area contributed by atoms with Gasteiger partial charge in [-0.3, -0.25) is 4.18 Å². The molecule has 0 amide bonds. The van der Waals surface area contributed by atoms with Crippen molar-refractivity contribution in [1.29, 1.82) is 0 Å². The number of aryl methyl sites for hydroxylation is 1. The Morgan fingerprint density at radius 2 is 1.82 bits per heavy atom. The highest BCUT2D eigenvalue weighted by Gasteiger charge is 2.38. The minimum atomic E-state index is -3.83. The van der Waals surface area contributed by atoms with Gasteiger partial charge in [-0.25, -0.2) is 0 Å². The molecule has 0 saturated carbocycles. The fraction of sp³-hybridized carbons (Fsp3) is 0.600. The van der Waals surface area contributed by atoms with E-state index in [0.29, 0.717) is 5.56 Å². The molecule has 124 valence electrons. The molecule has 1 N–H and O–H groups in total. The minimum absolute atomic E-state index is 0.0772. The van der Waals surface area contributed by atoms with E-state index in [-0.39, 0.29) is 31.1 Å². The molecular weight excluding hydrogens is 308 g/mol. The van der Waals surface area contributed by atoms with Gasteiger partial charge in [0.25, 0.3) is 10.1 Å². The zero-order valence-electron chi connectivity index (χ0n) is 13.0. The van der Waals surface area contributed by atoms with Crippen molar-refractivity contribution in [2.75, 3.05) is 19.8 Å². The zero-order valence-corrected chi connectivity index (χ0v) is 13.9. The summed E-state index contributed by atoms with van der Waals surface area (Å²) in [5.74, 6) is -0.736. The SMILES string of the molecule is Cc1ccccc1S(=O)(=O)OCCC1(O)COC(C)(C)OC1. The summed E-state index contributed by atoms with van der Waals surface area (Å²) in [6, 6.07) is 6.60. The third-order valence-electron chi connectivity index (χ3n) is 3.55. The Hall–Kier alpha value is -0.990. The van der Waals surface area contributed by atoms with Crippen molar-refractivity contribution in [3.63, 3.8) is 0 Å². The average molecular weight is 330 g/mol. The first-order valence-corrected chi connectivity index (χ1v) is 8.50. The van der Waals surface area contributed by atoms with E-state index in [9.17, 15) is 13.5 Å². The van der Waals surface area contributed by atoms with E-state index in [1.807, 2.05) is 0 Å². The zero-order chi connectivity index (χ0) is 16.4. The first-order chi connectivity index (χ1) is 10.1. The van der Waals surface area contributed by atoms with Gasteiger partial charge in [-0.2, -0.15) is 8.42 Å². The second-order valence-corrected chi connectivity index (χ2v) is 7.58. The van der Waals surface area contributed by atoms with Gasteiger partial charge in [-0.15, -0.1) is 0 Å². The summed E-state index contributed by atoms with van der Waals surface area (Å²) in [5.41, 5.74) is -0.621. The predicted molar refractivity (Wildman–Crippen MR) is 79.9 cm³/mol. The van der Waals surface area contributed by atoms with Gasteiger partial charge in [-0.05, 0) is 32.4 Å². The second kappa shape index (κ2) is 6.25. The molecule has 1 aromatic carbocycles. The lowest BCUT2D eigenvalue weighted by Gasteiger charge is -2.40. The van der Waals surface area contributed by atoms with Crippen molar-refractivity contribution in [2.24, 2.45) is 0 Å². The second-order valence-electron chi connectivity index (χ2n) is 5.99. The van der Waals surface area contributed by atoms with Crippen LogP contribution in [0.15, 0.2) is 29.2 Å². The highest BCUT2D eigenvalue weighted by molar-refractivity contribution is 7.86. The van der Waals surface area contributed by atoms with Crippen molar-refractivity contribution in [3.05, 3.63) is 29.8 Å². The van der Waals surface area contributed by atoms with Gasteiger partial charge in [0.15, 0.2) is 5.79 Å². The van der Waals surface area contributed by atoms with Crippen LogP contribution in [-0.2, 0) is 23.8 Å². The van der Waals surface area contributed by atoms with Gasteiger partial charge in [0, 0.05) is 6.42 Å². The van der Waals surface area contributed by atoms with Gasteiger partial charge < -0.3 is 14.6 Å². The normalized spacial score (nSPS) is 20.7. The molecule has 22 heavy (non-hydrogen) atoms. The van der Waals surface area contributed by atoms with E-state index in [1.165, 1.54) is 6.07 Å². The average Bonchev–Trinajstić information content (AvgIpc) is 2.43. The Morgan fingerprint density at radius 3 is 2.41 bits per heavy atom. The summed E-state index contributed by atoms with van der Waals surface area (Å²) in [6.45, 7) is 5.23. The summed E-state index contributed by atoms with van der Waals surface area (Å²) >= 11 is 0. The van der Waals surface area contributed by atoms with E-state index in [0.717, 1.165) is 0 Å². The molecule has 0 atom stereocenters. The van der Waals surface area contributed by atoms with Gasteiger partial charge >= 0.3 is 0 Å². The highest BCUT2D eigenvalue weighted by atomic mass is 32.2. The van der Waals surface area contributed by atoms with Gasteiger partial charge in [0.05, 0.1) is 24.7 Å². The Balaban J connectivity index is 1.92. The van der Waals surface area contributed by atoms with Crippen molar-refractivity contribution in [1.82, 2.24) is 0 Å². The first-order valence-electron chi connectivity index (χ1n) is 7.09. The monoisotopic (exact) mass is 330 g/mol. The van der Waals surface area contributed by atoms with Gasteiger partial charge in [-0.1, -0.05) is 18.2 Å². The van der Waals surface area contributed by atoms with Crippen LogP contribution in [0.2, 0.25) is 0 Å². The molecule has 1 aliphatic heterocycles. The van der Waals surface area contributed by atoms with Crippen molar-refractivity contribution < 1.29 is 27.2 Å². The lowest BCUT2D eigenvalue weighted by atomic mass is 10.0. The molecule has 6 nitrogen and oxygen atoms in total. The lowest BCUT2D eigenvalue weighted by Crippen LogP contribution is -2.51. The maximum atomic E-state index is 12.1. The van der Waals surface area contributed by atoms with Crippen molar-refractivity contribution in [3.8, 4) is 0 Å². The molecule has 1 aromatic rings. The van der Waals surface area contributed by atoms with Crippen LogP contribution in [0.4, 0.5) is 0 Å². The number of ether oxygens (including phenoxy) is 2. The van der Waals surface area contributed by atoms with E-state index in [1.54, 1.807) is 39.0 Å². The van der Waals surface area contributed by atoms with Crippen LogP contribution in [0, 0.1) is 6.92 Å². The van der Waals surface area contributed by atoms with Crippen LogP contribution in [0.25, 0.3) is 0 Å². The van der Waals surface area contributed by atoms with Crippen LogP contribution in [0.5, 0.6) is 0 Å². The van der Waals surface area contributed by atoms with Crippen LogP contribution >= 0.6 is 0 Å². The molecule has 0 bridgehead atoms. The quantitative estimate of drug-likeness (QED) is 0.826. The largest absolute Gasteiger partial charge is 0.385 e. The molecule has 1 aliphatic rings. The Morgan fingerprint density at radius 1 is 1.23 bits per heavy atom. The summed E-state index contributed by atoms with van der Waals surface area (Å²) in [5, 5.41) is 10.3. The van der Waals surface area contributed by atoms with Crippen LogP contribution in [-0.4, -0.2) is 44.7 Å². The Kier molecular flexibility index (Phi) is 4.93. The Bertz CT molecular complexity index is 613. The number of rotatable bonds is 5. The molecule has 2 rings (SSSR count). The summed E-state index contributed by atoms with van der Waals surface area (Å²) in [7, 11) is -3.83. The number of benzene rings is 1. The van der Waals surface area contributed by atoms with Gasteiger partial charge in [0.2, 0.25) is 0 Å². The Labute approximate surface area is 131 Å². The summed E-state index contributed by atoms with van der Waals surface area (Å²) in [4.78, 5) is 0.138. The molecule has 0 aliphatic carbocycles. The topological polar surface area (TPSA) is 82.1 Å². The molecule has 0 radical (unpaired) electrons. The third-order valence-corrected chi connectivity index (χ3v) is 5.02. The number of aliphatic hydroxyl groups is 1. The van der Waals surface area contributed by atoms with E-state index in [4.69, 9.17) is 13.7 Å². The maximum absolute atomic E-state index is 12.1. The molecular formula is C15H22O6S. The van der Waals surface area contributed by atoms with Crippen LogP contribution in [0.3, 0.4) is 0 Å². The van der Waals surface area contributed by atoms with Crippen LogP contribution < -0.4 is 0 Å². The molecule has 0 unspecified atom stereocenters. The summed E-state index contributed by atoms with van der Waals surface area (Å²) < 4.78 is 40.1. The van der Waals surface area contributed by atoms with E-state index in [2.05, 4.69) is 0 Å². The predicted octanol–water partition coefficient (Wildman–Crippen LogP) is 1.60. The third kappa shape index (κ3) is 4.27. The van der Waals surface area contributed by atoms with Gasteiger partial charge in [0.1, 0.15) is 5.60 Å². The molecule has 1 heterocycles. The highest BCUT2D eigenvalue weighted by Crippen LogP contribution is 2.26. The molecule has 0 spiro atoms. The number of hydrogen-bond acceptors (Lipinski definition) is 6. The number of hydrogen-bond donors (Lipinski definition) is 1. The minimum Gasteiger partial charge on any atom is -0.385 e. The smallest absolute Gasteiger partial charge is 0.297 e. The maximum Gasteiger partial charge on any atom is 0.297 e. The van der Waals surface area contributed by atoms with Crippen molar-refractivity contribution >= 4 is 10.1 Å². The standard InChI is InChI=1S/C15H22O6S/c1-12-6-4-5-7-13(12)22(17,18)21-9-8-15(16)10-19-14(2,3)20-11-15/h4-7,16H,8-11H2,1-3H3. The molecule has 7 heteroatoms. The van der Waals surface area contributed by atoms with E-state index < -0.39 is 21.5 Å². The molecule has 1 saturated heterocycles. The summed E-state index contributed by atoms with van der Waals surface area (Å²) in [6.07, 6.45) is 0.105. The first kappa shape index (κ1) is 17.4. The lowest BCUT2D eigenvalue weighted by molar-refractivity contribution is -0.302. The van der Waals surface area contributed by atoms with Crippen LogP contribution in [0.1, 0.15) is 25.8 Å². The molecule has 1 fully saturated rings. The fourth-order valence-corrected chi connectivity index (χ4v) is 3.22. The molecule has 0 aromatic heterocycles. The van der Waals surface area contributed by atoms with E-state index >= 15 is 0 Å². The fourth-order valence-electron chi connectivity index (χ4n) is 2.09. The van der Waals surface area contributed by atoms with Crippen molar-refractivity contribution in [2.45, 2.75) is 43.5 Å².